The standard InChI is InChI=1S/C10H13NS2/c1-13-10(12)4-2-3-9-5-7-11-8-6-9/h5-8H,2-4H2,1H3. The van der Waals surface area contributed by atoms with Crippen LogP contribution in [0.15, 0.2) is 24.5 Å². The highest BCUT2D eigenvalue weighted by Crippen LogP contribution is 2.09. The molecule has 0 amide bonds. The van der Waals surface area contributed by atoms with Crippen LogP contribution in [0.25, 0.3) is 0 Å². The van der Waals surface area contributed by atoms with Gasteiger partial charge < -0.3 is 0 Å². The maximum atomic E-state index is 5.12. The fourth-order valence-electron chi connectivity index (χ4n) is 1.09. The normalized spacial score (nSPS) is 9.92. The number of hydrogen-bond acceptors (Lipinski definition) is 3. The van der Waals surface area contributed by atoms with E-state index in [9.17, 15) is 0 Å². The third-order valence-corrected chi connectivity index (χ3v) is 3.19. The molecule has 0 aliphatic heterocycles. The topological polar surface area (TPSA) is 12.9 Å². The SMILES string of the molecule is CSC(=S)CCCc1ccncc1. The van der Waals surface area contributed by atoms with Crippen molar-refractivity contribution in [3.05, 3.63) is 30.1 Å². The summed E-state index contributed by atoms with van der Waals surface area (Å²) in [4.78, 5) is 3.97. The first-order valence-corrected chi connectivity index (χ1v) is 5.92. The minimum Gasteiger partial charge on any atom is -0.265 e. The highest BCUT2D eigenvalue weighted by atomic mass is 32.2. The molecule has 1 heterocycles. The van der Waals surface area contributed by atoms with E-state index in [1.165, 1.54) is 5.56 Å². The number of rotatable bonds is 4. The van der Waals surface area contributed by atoms with Crippen LogP contribution in [0.1, 0.15) is 18.4 Å². The molecule has 0 unspecified atom stereocenters. The summed E-state index contributed by atoms with van der Waals surface area (Å²) in [5.74, 6) is 0. The van der Waals surface area contributed by atoms with Gasteiger partial charge in [-0.05, 0) is 43.2 Å². The van der Waals surface area contributed by atoms with Gasteiger partial charge in [-0.25, -0.2) is 0 Å². The van der Waals surface area contributed by atoms with Crippen molar-refractivity contribution < 1.29 is 0 Å². The van der Waals surface area contributed by atoms with Gasteiger partial charge in [0.15, 0.2) is 0 Å². The lowest BCUT2D eigenvalue weighted by Crippen LogP contribution is -1.90. The molecule has 1 nitrogen and oxygen atoms in total. The molecule has 0 saturated carbocycles. The maximum Gasteiger partial charge on any atom is 0.0475 e. The first kappa shape index (κ1) is 10.7. The summed E-state index contributed by atoms with van der Waals surface area (Å²) in [6.45, 7) is 0. The molecule has 1 aromatic rings. The predicted octanol–water partition coefficient (Wildman–Crippen LogP) is 3.09. The van der Waals surface area contributed by atoms with Gasteiger partial charge in [-0.1, -0.05) is 12.2 Å². The lowest BCUT2D eigenvalue weighted by molar-refractivity contribution is 0.874. The number of hydrogen-bond donors (Lipinski definition) is 0. The highest BCUT2D eigenvalue weighted by molar-refractivity contribution is 8.22. The quantitative estimate of drug-likeness (QED) is 0.710. The second-order valence-electron chi connectivity index (χ2n) is 2.79. The van der Waals surface area contributed by atoms with Crippen molar-refractivity contribution in [1.29, 1.82) is 0 Å². The van der Waals surface area contributed by atoms with Crippen LogP contribution >= 0.6 is 24.0 Å². The fraction of sp³-hybridized carbons (Fsp3) is 0.400. The number of aryl methyl sites for hydroxylation is 1. The van der Waals surface area contributed by atoms with Crippen LogP contribution in [0.3, 0.4) is 0 Å². The molecule has 0 radical (unpaired) electrons. The molecule has 13 heavy (non-hydrogen) atoms. The van der Waals surface area contributed by atoms with Gasteiger partial charge >= 0.3 is 0 Å². The number of thiocarbonyl (C=S) groups is 1. The Morgan fingerprint density at radius 3 is 2.77 bits per heavy atom. The van der Waals surface area contributed by atoms with Gasteiger partial charge in [0, 0.05) is 16.6 Å². The average molecular weight is 211 g/mol. The summed E-state index contributed by atoms with van der Waals surface area (Å²) in [5.41, 5.74) is 1.35. The van der Waals surface area contributed by atoms with E-state index >= 15 is 0 Å². The molecule has 1 aromatic heterocycles. The zero-order valence-corrected chi connectivity index (χ0v) is 9.33. The third kappa shape index (κ3) is 4.39. The predicted molar refractivity (Wildman–Crippen MR) is 63.3 cm³/mol. The van der Waals surface area contributed by atoms with Gasteiger partial charge in [-0.15, -0.1) is 11.8 Å². The van der Waals surface area contributed by atoms with Crippen molar-refractivity contribution in [2.24, 2.45) is 0 Å². The molecule has 1 rings (SSSR count). The van der Waals surface area contributed by atoms with Gasteiger partial charge in [0.1, 0.15) is 0 Å². The summed E-state index contributed by atoms with van der Waals surface area (Å²) in [6.07, 6.45) is 8.99. The second-order valence-corrected chi connectivity index (χ2v) is 4.44. The van der Waals surface area contributed by atoms with Gasteiger partial charge in [0.05, 0.1) is 0 Å². The van der Waals surface area contributed by atoms with Gasteiger partial charge in [0.2, 0.25) is 0 Å². The molecule has 0 spiro atoms. The van der Waals surface area contributed by atoms with Crippen molar-refractivity contribution in [3.8, 4) is 0 Å². The van der Waals surface area contributed by atoms with E-state index in [1.807, 2.05) is 18.6 Å². The van der Waals surface area contributed by atoms with E-state index in [4.69, 9.17) is 12.2 Å². The maximum absolute atomic E-state index is 5.12. The second kappa shape index (κ2) is 6.11. The zero-order chi connectivity index (χ0) is 9.52. The zero-order valence-electron chi connectivity index (χ0n) is 7.69. The average Bonchev–Trinajstić information content (AvgIpc) is 2.19. The Bertz CT molecular complexity index is 259. The van der Waals surface area contributed by atoms with E-state index in [0.717, 1.165) is 23.5 Å². The van der Waals surface area contributed by atoms with Gasteiger partial charge in [-0.3, -0.25) is 4.98 Å². The first-order valence-electron chi connectivity index (χ1n) is 4.28. The van der Waals surface area contributed by atoms with Crippen LogP contribution in [0.4, 0.5) is 0 Å². The number of pyridine rings is 1. The molecule has 0 aromatic carbocycles. The summed E-state index contributed by atoms with van der Waals surface area (Å²) in [5, 5.41) is 0. The first-order chi connectivity index (χ1) is 6.33. The van der Waals surface area contributed by atoms with Crippen molar-refractivity contribution in [3.63, 3.8) is 0 Å². The molecular formula is C10H13NS2. The van der Waals surface area contributed by atoms with Gasteiger partial charge in [-0.2, -0.15) is 0 Å². The molecule has 0 N–H and O–H groups in total. The number of aromatic nitrogens is 1. The summed E-state index contributed by atoms with van der Waals surface area (Å²) >= 11 is 6.80. The molecule has 70 valence electrons. The van der Waals surface area contributed by atoms with Crippen LogP contribution in [0.2, 0.25) is 0 Å². The van der Waals surface area contributed by atoms with Crippen LogP contribution in [0.5, 0.6) is 0 Å². The largest absolute Gasteiger partial charge is 0.265 e. The van der Waals surface area contributed by atoms with Crippen LogP contribution in [-0.4, -0.2) is 15.4 Å². The Morgan fingerprint density at radius 2 is 2.15 bits per heavy atom. The van der Waals surface area contributed by atoms with E-state index in [1.54, 1.807) is 11.8 Å². The van der Waals surface area contributed by atoms with Crippen molar-refractivity contribution in [2.75, 3.05) is 6.26 Å². The van der Waals surface area contributed by atoms with E-state index in [0.29, 0.717) is 0 Å². The lowest BCUT2D eigenvalue weighted by Gasteiger charge is -2.00. The Morgan fingerprint density at radius 1 is 1.46 bits per heavy atom. The minimum atomic E-state index is 1.04. The molecule has 0 aliphatic carbocycles. The van der Waals surface area contributed by atoms with Gasteiger partial charge in [0.25, 0.3) is 0 Å². The number of nitrogens with zero attached hydrogens (tertiary/aromatic N) is 1. The van der Waals surface area contributed by atoms with Crippen LogP contribution in [0, 0.1) is 0 Å². The highest BCUT2D eigenvalue weighted by Gasteiger charge is 1.95. The molecule has 3 heteroatoms. The summed E-state index contributed by atoms with van der Waals surface area (Å²) < 4.78 is 1.11. The Balaban J connectivity index is 2.24. The molecule has 0 aliphatic rings. The lowest BCUT2D eigenvalue weighted by atomic mass is 10.1. The van der Waals surface area contributed by atoms with Crippen LogP contribution in [-0.2, 0) is 6.42 Å². The van der Waals surface area contributed by atoms with E-state index < -0.39 is 0 Å². The Labute approximate surface area is 89.0 Å². The molecular weight excluding hydrogens is 198 g/mol. The fourth-order valence-corrected chi connectivity index (χ4v) is 1.58. The molecule has 0 saturated heterocycles. The van der Waals surface area contributed by atoms with Crippen molar-refractivity contribution in [2.45, 2.75) is 19.3 Å². The molecule has 0 fully saturated rings. The number of thioether (sulfide) groups is 1. The van der Waals surface area contributed by atoms with Crippen LogP contribution < -0.4 is 0 Å². The minimum absolute atomic E-state index is 1.04. The third-order valence-electron chi connectivity index (χ3n) is 1.82. The monoisotopic (exact) mass is 211 g/mol. The molecule has 0 atom stereocenters. The van der Waals surface area contributed by atoms with Crippen molar-refractivity contribution in [1.82, 2.24) is 4.98 Å². The Hall–Kier alpha value is -0.410. The Kier molecular flexibility index (Phi) is 5.01. The smallest absolute Gasteiger partial charge is 0.0475 e. The van der Waals surface area contributed by atoms with Crippen molar-refractivity contribution >= 4 is 28.2 Å². The van der Waals surface area contributed by atoms with E-state index in [2.05, 4.69) is 17.1 Å². The summed E-state index contributed by atoms with van der Waals surface area (Å²) in [6, 6.07) is 4.12. The van der Waals surface area contributed by atoms with E-state index in [-0.39, 0.29) is 0 Å². The summed E-state index contributed by atoms with van der Waals surface area (Å²) in [7, 11) is 0. The molecule has 0 bridgehead atoms.